The Morgan fingerprint density at radius 1 is 1.21 bits per heavy atom. The third kappa shape index (κ3) is 5.84. The number of nitrogens with one attached hydrogen (secondary N) is 1. The van der Waals surface area contributed by atoms with E-state index in [0.717, 1.165) is 16.7 Å². The number of benzene rings is 2. The van der Waals surface area contributed by atoms with Crippen LogP contribution in [-0.4, -0.2) is 59.1 Å². The molecule has 200 valence electrons. The number of nitrogens with zero attached hydrogens (tertiary/aromatic N) is 3. The zero-order valence-corrected chi connectivity index (χ0v) is 21.4. The van der Waals surface area contributed by atoms with E-state index in [9.17, 15) is 23.2 Å². The molecule has 2 heterocycles. The highest BCUT2D eigenvalue weighted by Gasteiger charge is 2.32. The lowest BCUT2D eigenvalue weighted by Crippen LogP contribution is -2.42. The molecule has 0 radical (unpaired) electrons. The predicted octanol–water partition coefficient (Wildman–Crippen LogP) is 3.03. The molecule has 38 heavy (non-hydrogen) atoms. The number of carbonyl (C=O) groups is 2. The van der Waals surface area contributed by atoms with Crippen LogP contribution in [0.25, 0.3) is 5.69 Å². The third-order valence-electron chi connectivity index (χ3n) is 6.16. The number of aryl methyl sites for hydroxylation is 1. The van der Waals surface area contributed by atoms with E-state index in [1.54, 1.807) is 31.1 Å². The molecule has 2 amide bonds. The Kier molecular flexibility index (Phi) is 8.38. The number of amides is 2. The number of hydrogen-bond donors (Lipinski definition) is 1. The van der Waals surface area contributed by atoms with Gasteiger partial charge in [-0.1, -0.05) is 17.7 Å². The van der Waals surface area contributed by atoms with Gasteiger partial charge in [0.2, 0.25) is 11.8 Å². The summed E-state index contributed by atoms with van der Waals surface area (Å²) < 4.78 is 38.6. The third-order valence-corrected chi connectivity index (χ3v) is 6.49. The molecule has 0 saturated carbocycles. The van der Waals surface area contributed by atoms with E-state index in [-0.39, 0.29) is 34.5 Å². The van der Waals surface area contributed by atoms with Crippen molar-refractivity contribution in [2.75, 3.05) is 26.8 Å². The van der Waals surface area contributed by atoms with E-state index in [2.05, 4.69) is 10.3 Å². The molecule has 0 spiro atoms. The highest BCUT2D eigenvalue weighted by Crippen LogP contribution is 2.22. The van der Waals surface area contributed by atoms with Crippen LogP contribution in [-0.2, 0) is 16.1 Å². The fourth-order valence-corrected chi connectivity index (χ4v) is 4.22. The number of hydrogen-bond acceptors (Lipinski definition) is 6. The van der Waals surface area contributed by atoms with Gasteiger partial charge < -0.3 is 19.7 Å². The summed E-state index contributed by atoms with van der Waals surface area (Å²) in [4.78, 5) is 44.2. The molecule has 1 unspecified atom stereocenters. The van der Waals surface area contributed by atoms with Crippen molar-refractivity contribution >= 4 is 23.4 Å². The predicted molar refractivity (Wildman–Crippen MR) is 135 cm³/mol. The second kappa shape index (κ2) is 11.7. The van der Waals surface area contributed by atoms with Crippen LogP contribution in [0.15, 0.2) is 47.5 Å². The SMILES string of the molecule is COCCN1CCC(NC(=O)c2ccc(C)c(-n3cnc(OCc4ccc(F)cc4F)c(Cl)c3=O)c2)C1=O. The minimum atomic E-state index is -0.804. The first-order valence-corrected chi connectivity index (χ1v) is 12.1. The lowest BCUT2D eigenvalue weighted by molar-refractivity contribution is -0.129. The molecular weight excluding hydrogens is 522 g/mol. The molecule has 2 aromatic carbocycles. The fraction of sp³-hybridized carbons (Fsp3) is 0.308. The van der Waals surface area contributed by atoms with Gasteiger partial charge in [0.05, 0.1) is 12.3 Å². The summed E-state index contributed by atoms with van der Waals surface area (Å²) in [6.07, 6.45) is 1.66. The summed E-state index contributed by atoms with van der Waals surface area (Å²) in [7, 11) is 1.55. The Hall–Kier alpha value is -3.83. The zero-order chi connectivity index (χ0) is 27.4. The van der Waals surface area contributed by atoms with Crippen molar-refractivity contribution in [1.29, 1.82) is 0 Å². The number of rotatable bonds is 9. The first-order valence-electron chi connectivity index (χ1n) is 11.7. The minimum Gasteiger partial charge on any atom is -0.471 e. The van der Waals surface area contributed by atoms with Crippen molar-refractivity contribution in [3.63, 3.8) is 0 Å². The standard InChI is InChI=1S/C26H25ClF2N4O5/c1-15-3-4-16(23(34)31-20-7-8-32(25(20)35)9-10-37-2)11-21(15)33-14-30-24(22(27)26(33)36)38-13-17-5-6-18(28)12-19(17)29/h3-6,11-12,14,20H,7-10,13H2,1-2H3,(H,31,34). The van der Waals surface area contributed by atoms with E-state index in [1.165, 1.54) is 18.5 Å². The van der Waals surface area contributed by atoms with E-state index < -0.39 is 29.1 Å². The van der Waals surface area contributed by atoms with Gasteiger partial charge in [-0.05, 0) is 43.2 Å². The number of halogens is 3. The maximum Gasteiger partial charge on any atom is 0.280 e. The van der Waals surface area contributed by atoms with Gasteiger partial charge in [-0.2, -0.15) is 0 Å². The molecule has 1 saturated heterocycles. The zero-order valence-electron chi connectivity index (χ0n) is 20.7. The van der Waals surface area contributed by atoms with Gasteiger partial charge in [0.15, 0.2) is 5.02 Å². The van der Waals surface area contributed by atoms with Crippen LogP contribution in [0.5, 0.6) is 5.88 Å². The molecule has 0 bridgehead atoms. The van der Waals surface area contributed by atoms with Gasteiger partial charge >= 0.3 is 0 Å². The Labute approximate surface area is 221 Å². The summed E-state index contributed by atoms with van der Waals surface area (Å²) in [5.41, 5.74) is 0.644. The van der Waals surface area contributed by atoms with E-state index in [0.29, 0.717) is 37.4 Å². The smallest absolute Gasteiger partial charge is 0.280 e. The average molecular weight is 547 g/mol. The van der Waals surface area contributed by atoms with Crippen LogP contribution in [0, 0.1) is 18.6 Å². The van der Waals surface area contributed by atoms with Crippen LogP contribution in [0.3, 0.4) is 0 Å². The Bertz CT molecular complexity index is 1430. The van der Waals surface area contributed by atoms with Gasteiger partial charge in [-0.3, -0.25) is 19.0 Å². The maximum absolute atomic E-state index is 13.9. The quantitative estimate of drug-likeness (QED) is 0.443. The average Bonchev–Trinajstić information content (AvgIpc) is 3.23. The normalized spacial score (nSPS) is 15.1. The maximum atomic E-state index is 13.9. The van der Waals surface area contributed by atoms with Gasteiger partial charge in [-0.25, -0.2) is 13.8 Å². The van der Waals surface area contributed by atoms with Gasteiger partial charge in [-0.15, -0.1) is 0 Å². The van der Waals surface area contributed by atoms with Gasteiger partial charge in [0.25, 0.3) is 11.5 Å². The summed E-state index contributed by atoms with van der Waals surface area (Å²) in [6.45, 7) is 2.80. The molecule has 4 rings (SSSR count). The Morgan fingerprint density at radius 3 is 2.74 bits per heavy atom. The fourth-order valence-electron chi connectivity index (χ4n) is 4.02. The van der Waals surface area contributed by atoms with Crippen molar-refractivity contribution < 1.29 is 27.8 Å². The van der Waals surface area contributed by atoms with Crippen molar-refractivity contribution in [3.05, 3.63) is 86.4 Å². The van der Waals surface area contributed by atoms with Crippen LogP contribution in [0.4, 0.5) is 8.78 Å². The van der Waals surface area contributed by atoms with Crippen LogP contribution in [0.2, 0.25) is 5.02 Å². The minimum absolute atomic E-state index is 0.0607. The second-order valence-corrected chi connectivity index (χ2v) is 9.08. The molecule has 0 aliphatic carbocycles. The molecule has 3 aromatic rings. The summed E-state index contributed by atoms with van der Waals surface area (Å²) in [6, 6.07) is 7.12. The second-order valence-electron chi connectivity index (χ2n) is 8.70. The monoisotopic (exact) mass is 546 g/mol. The van der Waals surface area contributed by atoms with Crippen LogP contribution in [0.1, 0.15) is 27.9 Å². The van der Waals surface area contributed by atoms with E-state index in [1.807, 2.05) is 0 Å². The number of likely N-dealkylation sites (tertiary alicyclic amines) is 1. The molecule has 1 aliphatic heterocycles. The largest absolute Gasteiger partial charge is 0.471 e. The first kappa shape index (κ1) is 27.2. The highest BCUT2D eigenvalue weighted by molar-refractivity contribution is 6.31. The number of methoxy groups -OCH3 is 1. The number of aromatic nitrogens is 2. The molecule has 1 fully saturated rings. The summed E-state index contributed by atoms with van der Waals surface area (Å²) in [5.74, 6) is -2.39. The van der Waals surface area contributed by atoms with Crippen molar-refractivity contribution in [1.82, 2.24) is 19.8 Å². The molecule has 12 heteroatoms. The first-order chi connectivity index (χ1) is 18.2. The van der Waals surface area contributed by atoms with Crippen LogP contribution < -0.4 is 15.6 Å². The Balaban J connectivity index is 1.51. The molecular formula is C26H25ClF2N4O5. The van der Waals surface area contributed by atoms with E-state index in [4.69, 9.17) is 21.1 Å². The molecule has 1 aromatic heterocycles. The van der Waals surface area contributed by atoms with Crippen molar-refractivity contribution in [2.45, 2.75) is 26.0 Å². The topological polar surface area (TPSA) is 103 Å². The van der Waals surface area contributed by atoms with Crippen molar-refractivity contribution in [2.24, 2.45) is 0 Å². The molecule has 1 N–H and O–H groups in total. The summed E-state index contributed by atoms with van der Waals surface area (Å²) >= 11 is 6.21. The highest BCUT2D eigenvalue weighted by atomic mass is 35.5. The lowest BCUT2D eigenvalue weighted by atomic mass is 10.1. The number of carbonyl (C=O) groups excluding carboxylic acids is 2. The molecule has 1 atom stereocenters. The van der Waals surface area contributed by atoms with Crippen molar-refractivity contribution in [3.8, 4) is 11.6 Å². The molecule has 9 nitrogen and oxygen atoms in total. The van der Waals surface area contributed by atoms with Gasteiger partial charge in [0.1, 0.15) is 30.6 Å². The van der Waals surface area contributed by atoms with Crippen LogP contribution >= 0.6 is 11.6 Å². The van der Waals surface area contributed by atoms with Gasteiger partial charge in [0, 0.05) is 37.4 Å². The Morgan fingerprint density at radius 2 is 2.00 bits per heavy atom. The summed E-state index contributed by atoms with van der Waals surface area (Å²) in [5, 5.41) is 2.40. The van der Waals surface area contributed by atoms with E-state index >= 15 is 0 Å². The lowest BCUT2D eigenvalue weighted by Gasteiger charge is -2.17. The number of ether oxygens (including phenoxy) is 2. The molecule has 1 aliphatic rings.